The average molecular weight is 309 g/mol. The van der Waals surface area contributed by atoms with Crippen LogP contribution >= 0.6 is 15.9 Å². The van der Waals surface area contributed by atoms with Crippen LogP contribution in [0.4, 0.5) is 0 Å². The lowest BCUT2D eigenvalue weighted by molar-refractivity contribution is 0.0783. The van der Waals surface area contributed by atoms with Gasteiger partial charge in [0, 0.05) is 18.1 Å². The smallest absolute Gasteiger partial charge is 0.259 e. The van der Waals surface area contributed by atoms with Crippen LogP contribution in [0, 0.1) is 6.92 Å². The second-order valence-electron chi connectivity index (χ2n) is 4.05. The first-order chi connectivity index (χ1) is 8.59. The summed E-state index contributed by atoms with van der Waals surface area (Å²) in [6.07, 6.45) is 1.45. The van der Waals surface area contributed by atoms with E-state index in [1.54, 1.807) is 18.9 Å². The molecular formula is C13H13BrN2O2. The zero-order valence-corrected chi connectivity index (χ0v) is 11.8. The topological polar surface area (TPSA) is 46.3 Å². The number of hydrogen-bond acceptors (Lipinski definition) is 3. The van der Waals surface area contributed by atoms with Gasteiger partial charge in [0.1, 0.15) is 11.3 Å². The molecule has 1 aromatic carbocycles. The molecular weight excluding hydrogens is 296 g/mol. The van der Waals surface area contributed by atoms with Crippen LogP contribution in [0.15, 0.2) is 39.5 Å². The van der Waals surface area contributed by atoms with Gasteiger partial charge in [-0.25, -0.2) is 0 Å². The number of hydrogen-bond donors (Lipinski definition) is 0. The highest BCUT2D eigenvalue weighted by Gasteiger charge is 2.17. The molecule has 0 saturated carbocycles. The molecule has 0 aliphatic rings. The zero-order valence-electron chi connectivity index (χ0n) is 10.2. The Hall–Kier alpha value is -1.62. The highest BCUT2D eigenvalue weighted by Crippen LogP contribution is 2.18. The summed E-state index contributed by atoms with van der Waals surface area (Å²) in [4.78, 5) is 13.8. The van der Waals surface area contributed by atoms with Crippen molar-refractivity contribution < 1.29 is 9.32 Å². The standard InChI is InChI=1S/C13H13BrN2O2/c1-9-11(7-15-18-9)13(17)16(2)8-10-5-3-4-6-12(10)14/h3-7H,8H2,1-2H3. The Balaban J connectivity index is 2.14. The molecule has 94 valence electrons. The second-order valence-corrected chi connectivity index (χ2v) is 4.90. The number of carbonyl (C=O) groups excluding carboxylic acids is 1. The normalized spacial score (nSPS) is 10.4. The van der Waals surface area contributed by atoms with E-state index in [9.17, 15) is 4.79 Å². The fraction of sp³-hybridized carbons (Fsp3) is 0.231. The van der Waals surface area contributed by atoms with Gasteiger partial charge in [0.15, 0.2) is 0 Å². The van der Waals surface area contributed by atoms with E-state index < -0.39 is 0 Å². The van der Waals surface area contributed by atoms with Crippen LogP contribution in [0.1, 0.15) is 21.7 Å². The molecule has 2 aromatic rings. The predicted octanol–water partition coefficient (Wildman–Crippen LogP) is 3.02. The molecule has 5 heteroatoms. The summed E-state index contributed by atoms with van der Waals surface area (Å²) in [7, 11) is 1.76. The Bertz CT molecular complexity index is 566. The summed E-state index contributed by atoms with van der Waals surface area (Å²) in [5.41, 5.74) is 1.56. The van der Waals surface area contributed by atoms with Gasteiger partial charge in [-0.15, -0.1) is 0 Å². The molecule has 0 fully saturated rings. The van der Waals surface area contributed by atoms with Crippen molar-refractivity contribution in [2.24, 2.45) is 0 Å². The predicted molar refractivity (Wildman–Crippen MR) is 71.2 cm³/mol. The number of benzene rings is 1. The quantitative estimate of drug-likeness (QED) is 0.875. The summed E-state index contributed by atoms with van der Waals surface area (Å²) in [6, 6.07) is 7.83. The summed E-state index contributed by atoms with van der Waals surface area (Å²) >= 11 is 3.47. The van der Waals surface area contributed by atoms with Crippen molar-refractivity contribution in [1.82, 2.24) is 10.1 Å². The van der Waals surface area contributed by atoms with Crippen LogP contribution in [0.2, 0.25) is 0 Å². The van der Waals surface area contributed by atoms with Crippen molar-refractivity contribution in [1.29, 1.82) is 0 Å². The fourth-order valence-electron chi connectivity index (χ4n) is 1.66. The summed E-state index contributed by atoms with van der Waals surface area (Å²) in [5, 5.41) is 3.62. The first kappa shape index (κ1) is 12.8. The van der Waals surface area contributed by atoms with Crippen LogP contribution in [-0.4, -0.2) is 23.0 Å². The lowest BCUT2D eigenvalue weighted by Crippen LogP contribution is -2.26. The van der Waals surface area contributed by atoms with E-state index in [0.717, 1.165) is 10.0 Å². The molecule has 4 nitrogen and oxygen atoms in total. The number of rotatable bonds is 3. The third-order valence-electron chi connectivity index (χ3n) is 2.69. The van der Waals surface area contributed by atoms with Crippen molar-refractivity contribution in [3.8, 4) is 0 Å². The fourth-order valence-corrected chi connectivity index (χ4v) is 2.07. The Morgan fingerprint density at radius 2 is 2.17 bits per heavy atom. The molecule has 0 aliphatic heterocycles. The van der Waals surface area contributed by atoms with Gasteiger partial charge in [-0.2, -0.15) is 0 Å². The summed E-state index contributed by atoms with van der Waals surface area (Å²) < 4.78 is 5.90. The number of halogens is 1. The molecule has 18 heavy (non-hydrogen) atoms. The van der Waals surface area contributed by atoms with Gasteiger partial charge in [-0.1, -0.05) is 39.3 Å². The molecule has 1 amide bonds. The molecule has 2 rings (SSSR count). The highest BCUT2D eigenvalue weighted by atomic mass is 79.9. The Kier molecular flexibility index (Phi) is 3.81. The van der Waals surface area contributed by atoms with E-state index in [0.29, 0.717) is 17.9 Å². The van der Waals surface area contributed by atoms with E-state index in [1.165, 1.54) is 6.20 Å². The van der Waals surface area contributed by atoms with Crippen molar-refractivity contribution >= 4 is 21.8 Å². The van der Waals surface area contributed by atoms with Gasteiger partial charge in [-0.3, -0.25) is 4.79 Å². The highest BCUT2D eigenvalue weighted by molar-refractivity contribution is 9.10. The monoisotopic (exact) mass is 308 g/mol. The number of aryl methyl sites for hydroxylation is 1. The molecule has 1 heterocycles. The van der Waals surface area contributed by atoms with Crippen molar-refractivity contribution in [3.05, 3.63) is 51.8 Å². The first-order valence-electron chi connectivity index (χ1n) is 5.49. The SMILES string of the molecule is Cc1oncc1C(=O)N(C)Cc1ccccc1Br. The molecule has 0 saturated heterocycles. The van der Waals surface area contributed by atoms with E-state index in [4.69, 9.17) is 4.52 Å². The molecule has 0 radical (unpaired) electrons. The van der Waals surface area contributed by atoms with E-state index in [-0.39, 0.29) is 5.91 Å². The van der Waals surface area contributed by atoms with Crippen molar-refractivity contribution in [2.45, 2.75) is 13.5 Å². The lowest BCUT2D eigenvalue weighted by Gasteiger charge is -2.17. The molecule has 0 atom stereocenters. The third kappa shape index (κ3) is 2.61. The van der Waals surface area contributed by atoms with Gasteiger partial charge >= 0.3 is 0 Å². The Labute approximate surface area is 114 Å². The van der Waals surface area contributed by atoms with Crippen molar-refractivity contribution in [2.75, 3.05) is 7.05 Å². The maximum absolute atomic E-state index is 12.2. The molecule has 0 spiro atoms. The van der Waals surface area contributed by atoms with Crippen molar-refractivity contribution in [3.63, 3.8) is 0 Å². The molecule has 0 bridgehead atoms. The number of amides is 1. The van der Waals surface area contributed by atoms with E-state index >= 15 is 0 Å². The Morgan fingerprint density at radius 1 is 1.44 bits per heavy atom. The lowest BCUT2D eigenvalue weighted by atomic mass is 10.2. The van der Waals surface area contributed by atoms with E-state index in [1.807, 2.05) is 24.3 Å². The molecule has 0 unspecified atom stereocenters. The largest absolute Gasteiger partial charge is 0.361 e. The number of aromatic nitrogens is 1. The average Bonchev–Trinajstić information content (AvgIpc) is 2.77. The van der Waals surface area contributed by atoms with E-state index in [2.05, 4.69) is 21.1 Å². The zero-order chi connectivity index (χ0) is 13.1. The van der Waals surface area contributed by atoms with Crippen LogP contribution in [0.3, 0.4) is 0 Å². The van der Waals surface area contributed by atoms with Gasteiger partial charge in [0.2, 0.25) is 0 Å². The minimum atomic E-state index is -0.0931. The van der Waals surface area contributed by atoms with Crippen LogP contribution in [-0.2, 0) is 6.54 Å². The third-order valence-corrected chi connectivity index (χ3v) is 3.47. The maximum atomic E-state index is 12.2. The maximum Gasteiger partial charge on any atom is 0.259 e. The van der Waals surface area contributed by atoms with Crippen LogP contribution in [0.5, 0.6) is 0 Å². The summed E-state index contributed by atoms with van der Waals surface area (Å²) in [5.74, 6) is 0.448. The summed E-state index contributed by atoms with van der Waals surface area (Å²) in [6.45, 7) is 2.26. The number of nitrogens with zero attached hydrogens (tertiary/aromatic N) is 2. The van der Waals surface area contributed by atoms with Crippen LogP contribution < -0.4 is 0 Å². The molecule has 1 aromatic heterocycles. The molecule has 0 aliphatic carbocycles. The Morgan fingerprint density at radius 3 is 2.78 bits per heavy atom. The second kappa shape index (κ2) is 5.35. The minimum Gasteiger partial charge on any atom is -0.361 e. The number of carbonyl (C=O) groups is 1. The van der Waals surface area contributed by atoms with Gasteiger partial charge in [0.25, 0.3) is 5.91 Å². The van der Waals surface area contributed by atoms with Crippen LogP contribution in [0.25, 0.3) is 0 Å². The van der Waals surface area contributed by atoms with Gasteiger partial charge in [0.05, 0.1) is 6.20 Å². The van der Waals surface area contributed by atoms with Gasteiger partial charge in [-0.05, 0) is 18.6 Å². The first-order valence-corrected chi connectivity index (χ1v) is 6.29. The minimum absolute atomic E-state index is 0.0931. The molecule has 0 N–H and O–H groups in total. The van der Waals surface area contributed by atoms with Gasteiger partial charge < -0.3 is 9.42 Å².